The van der Waals surface area contributed by atoms with Crippen molar-refractivity contribution in [2.75, 3.05) is 11.9 Å². The monoisotopic (exact) mass is 334 g/mol. The van der Waals surface area contributed by atoms with E-state index >= 15 is 0 Å². The third-order valence-electron chi connectivity index (χ3n) is 5.28. The number of hydrogen-bond acceptors (Lipinski definition) is 2. The van der Waals surface area contributed by atoms with Gasteiger partial charge in [0, 0.05) is 12.2 Å². The van der Waals surface area contributed by atoms with E-state index in [-0.39, 0.29) is 17.9 Å². The number of amides is 2. The van der Waals surface area contributed by atoms with Crippen molar-refractivity contribution in [3.05, 3.63) is 64.7 Å². The summed E-state index contributed by atoms with van der Waals surface area (Å²) >= 11 is 0. The second-order valence-electron chi connectivity index (χ2n) is 6.99. The number of anilines is 1. The van der Waals surface area contributed by atoms with Gasteiger partial charge >= 0.3 is 0 Å². The van der Waals surface area contributed by atoms with Gasteiger partial charge in [0.15, 0.2) is 0 Å². The molecule has 1 N–H and O–H groups in total. The topological polar surface area (TPSA) is 49.4 Å². The highest BCUT2D eigenvalue weighted by atomic mass is 16.2. The lowest BCUT2D eigenvalue weighted by Gasteiger charge is -2.26. The lowest BCUT2D eigenvalue weighted by Crippen LogP contribution is -2.32. The Hall–Kier alpha value is -2.62. The smallest absolute Gasteiger partial charge is 0.228 e. The van der Waals surface area contributed by atoms with Gasteiger partial charge in [-0.1, -0.05) is 36.4 Å². The molecular weight excluding hydrogens is 312 g/mol. The van der Waals surface area contributed by atoms with Gasteiger partial charge in [-0.2, -0.15) is 0 Å². The maximum atomic E-state index is 12.9. The summed E-state index contributed by atoms with van der Waals surface area (Å²) in [6.45, 7) is 2.93. The highest BCUT2D eigenvalue weighted by Gasteiger charge is 2.30. The van der Waals surface area contributed by atoms with E-state index in [1.54, 1.807) is 0 Å². The van der Waals surface area contributed by atoms with E-state index in [1.165, 1.54) is 11.1 Å². The fraction of sp³-hybridized carbons (Fsp3) is 0.333. The molecule has 0 radical (unpaired) electrons. The molecule has 0 aliphatic carbocycles. The maximum Gasteiger partial charge on any atom is 0.228 e. The molecule has 4 heteroatoms. The third kappa shape index (κ3) is 3.04. The largest absolute Gasteiger partial charge is 0.335 e. The number of likely N-dealkylation sites (tertiary alicyclic amines) is 1. The Morgan fingerprint density at radius 3 is 2.92 bits per heavy atom. The van der Waals surface area contributed by atoms with Crippen LogP contribution in [0.3, 0.4) is 0 Å². The lowest BCUT2D eigenvalue weighted by atomic mass is 9.99. The van der Waals surface area contributed by atoms with E-state index in [2.05, 4.69) is 24.4 Å². The molecule has 0 spiro atoms. The molecule has 2 heterocycles. The highest BCUT2D eigenvalue weighted by Crippen LogP contribution is 2.34. The van der Waals surface area contributed by atoms with E-state index < -0.39 is 0 Å². The van der Waals surface area contributed by atoms with Gasteiger partial charge in [-0.3, -0.25) is 9.59 Å². The van der Waals surface area contributed by atoms with Gasteiger partial charge in [0.25, 0.3) is 0 Å². The number of rotatable bonds is 3. The van der Waals surface area contributed by atoms with Crippen molar-refractivity contribution >= 4 is 17.5 Å². The molecule has 2 amide bonds. The molecule has 2 aromatic rings. The Kier molecular flexibility index (Phi) is 4.04. The van der Waals surface area contributed by atoms with Gasteiger partial charge in [0.1, 0.15) is 0 Å². The number of nitrogens with zero attached hydrogens (tertiary/aromatic N) is 1. The predicted octanol–water partition coefficient (Wildman–Crippen LogP) is 3.40. The average molecular weight is 334 g/mol. The SMILES string of the molecule is Cc1ccccc1C1CCCN1C(=O)Cc1ccc2c(c1)NC(=O)C2. The van der Waals surface area contributed by atoms with Gasteiger partial charge in [0.2, 0.25) is 11.8 Å². The van der Waals surface area contributed by atoms with Crippen molar-refractivity contribution in [1.29, 1.82) is 0 Å². The summed E-state index contributed by atoms with van der Waals surface area (Å²) in [5, 5.41) is 2.86. The summed E-state index contributed by atoms with van der Waals surface area (Å²) in [5.74, 6) is 0.188. The molecule has 0 bridgehead atoms. The van der Waals surface area contributed by atoms with Crippen LogP contribution in [-0.2, 0) is 22.4 Å². The summed E-state index contributed by atoms with van der Waals surface area (Å²) in [6.07, 6.45) is 2.89. The summed E-state index contributed by atoms with van der Waals surface area (Å²) in [4.78, 5) is 26.4. The number of nitrogens with one attached hydrogen (secondary N) is 1. The van der Waals surface area contributed by atoms with Gasteiger partial charge < -0.3 is 10.2 Å². The van der Waals surface area contributed by atoms with Crippen molar-refractivity contribution < 1.29 is 9.59 Å². The lowest BCUT2D eigenvalue weighted by molar-refractivity contribution is -0.131. The minimum atomic E-state index is 0.0256. The van der Waals surface area contributed by atoms with Crippen molar-refractivity contribution in [2.24, 2.45) is 0 Å². The molecule has 1 unspecified atom stereocenters. The van der Waals surface area contributed by atoms with Crippen LogP contribution in [-0.4, -0.2) is 23.3 Å². The number of fused-ring (bicyclic) bond motifs is 1. The quantitative estimate of drug-likeness (QED) is 0.935. The minimum Gasteiger partial charge on any atom is -0.335 e. The molecule has 25 heavy (non-hydrogen) atoms. The van der Waals surface area contributed by atoms with E-state index in [0.717, 1.165) is 36.2 Å². The van der Waals surface area contributed by atoms with Crippen molar-refractivity contribution in [3.63, 3.8) is 0 Å². The first-order valence-electron chi connectivity index (χ1n) is 8.88. The second-order valence-corrected chi connectivity index (χ2v) is 6.99. The van der Waals surface area contributed by atoms with Crippen LogP contribution in [0.25, 0.3) is 0 Å². The molecule has 1 fully saturated rings. The molecule has 2 aliphatic heterocycles. The van der Waals surface area contributed by atoms with E-state index in [9.17, 15) is 9.59 Å². The number of carbonyl (C=O) groups excluding carboxylic acids is 2. The first kappa shape index (κ1) is 15.9. The summed E-state index contributed by atoms with van der Waals surface area (Å²) in [7, 11) is 0. The van der Waals surface area contributed by atoms with E-state index in [4.69, 9.17) is 0 Å². The van der Waals surface area contributed by atoms with Gasteiger partial charge in [-0.15, -0.1) is 0 Å². The normalized spacial score (nSPS) is 19.0. The van der Waals surface area contributed by atoms with Gasteiger partial charge in [-0.05, 0) is 48.1 Å². The maximum absolute atomic E-state index is 12.9. The van der Waals surface area contributed by atoms with Crippen LogP contribution in [0.1, 0.15) is 41.1 Å². The zero-order valence-electron chi connectivity index (χ0n) is 14.4. The molecule has 0 aromatic heterocycles. The van der Waals surface area contributed by atoms with Crippen LogP contribution in [0, 0.1) is 6.92 Å². The first-order valence-corrected chi connectivity index (χ1v) is 8.88. The number of hydrogen-bond donors (Lipinski definition) is 1. The molecule has 0 saturated carbocycles. The molecule has 2 aromatic carbocycles. The van der Waals surface area contributed by atoms with Crippen LogP contribution in [0.15, 0.2) is 42.5 Å². The minimum absolute atomic E-state index is 0.0256. The predicted molar refractivity (Wildman–Crippen MR) is 97.3 cm³/mol. The van der Waals surface area contributed by atoms with Gasteiger partial charge in [0.05, 0.1) is 18.9 Å². The van der Waals surface area contributed by atoms with Crippen LogP contribution in [0.5, 0.6) is 0 Å². The molecule has 1 atom stereocenters. The molecule has 1 saturated heterocycles. The number of aryl methyl sites for hydroxylation is 1. The molecular formula is C21H22N2O2. The summed E-state index contributed by atoms with van der Waals surface area (Å²) in [6, 6.07) is 14.4. The van der Waals surface area contributed by atoms with E-state index in [0.29, 0.717) is 12.8 Å². The van der Waals surface area contributed by atoms with Crippen LogP contribution in [0.4, 0.5) is 5.69 Å². The summed E-state index contributed by atoms with van der Waals surface area (Å²) in [5.41, 5.74) is 5.33. The molecule has 4 nitrogen and oxygen atoms in total. The zero-order chi connectivity index (χ0) is 17.4. The fourth-order valence-electron chi connectivity index (χ4n) is 4.00. The number of carbonyl (C=O) groups is 2. The summed E-state index contributed by atoms with van der Waals surface area (Å²) < 4.78 is 0. The standard InChI is InChI=1S/C21H22N2O2/c1-14-5-2-3-6-17(14)19-7-4-10-23(19)21(25)12-15-8-9-16-13-20(24)22-18(16)11-15/h2-3,5-6,8-9,11,19H,4,7,10,12-13H2,1H3,(H,22,24). The second kappa shape index (κ2) is 6.36. The average Bonchev–Trinajstić information content (AvgIpc) is 3.20. The Bertz CT molecular complexity index is 844. The first-order chi connectivity index (χ1) is 12.1. The van der Waals surface area contributed by atoms with Crippen LogP contribution < -0.4 is 5.32 Å². The van der Waals surface area contributed by atoms with Crippen molar-refractivity contribution in [3.8, 4) is 0 Å². The molecule has 2 aliphatic rings. The number of benzene rings is 2. The van der Waals surface area contributed by atoms with Crippen LogP contribution in [0.2, 0.25) is 0 Å². The Morgan fingerprint density at radius 1 is 1.24 bits per heavy atom. The van der Waals surface area contributed by atoms with Crippen molar-refractivity contribution in [2.45, 2.75) is 38.6 Å². The van der Waals surface area contributed by atoms with Crippen LogP contribution >= 0.6 is 0 Å². The molecule has 4 rings (SSSR count). The molecule has 128 valence electrons. The van der Waals surface area contributed by atoms with Crippen molar-refractivity contribution in [1.82, 2.24) is 4.90 Å². The zero-order valence-corrected chi connectivity index (χ0v) is 14.4. The fourth-order valence-corrected chi connectivity index (χ4v) is 4.00. The Morgan fingerprint density at radius 2 is 2.08 bits per heavy atom. The Balaban J connectivity index is 1.52. The van der Waals surface area contributed by atoms with Gasteiger partial charge in [-0.25, -0.2) is 0 Å². The highest BCUT2D eigenvalue weighted by molar-refractivity contribution is 5.99. The third-order valence-corrected chi connectivity index (χ3v) is 5.28. The van der Waals surface area contributed by atoms with E-state index in [1.807, 2.05) is 35.2 Å². The Labute approximate surface area is 147 Å².